The van der Waals surface area contributed by atoms with Gasteiger partial charge in [0.05, 0.1) is 6.07 Å². The molecule has 0 atom stereocenters. The molecule has 0 saturated heterocycles. The van der Waals surface area contributed by atoms with Crippen LogP contribution < -0.4 is 4.57 Å². The molecule has 0 saturated carbocycles. The Kier molecular flexibility index (Phi) is 1.79. The SMILES string of the molecule is CCc1cc2nc(C)cc(C)[n+]2o1. The summed E-state index contributed by atoms with van der Waals surface area (Å²) >= 11 is 0. The molecule has 0 aromatic carbocycles. The van der Waals surface area contributed by atoms with E-state index in [4.69, 9.17) is 4.52 Å². The van der Waals surface area contributed by atoms with Crippen molar-refractivity contribution in [3.05, 3.63) is 29.3 Å². The number of hydrogen-bond acceptors (Lipinski definition) is 2. The van der Waals surface area contributed by atoms with Crippen LogP contribution in [0.1, 0.15) is 24.1 Å². The van der Waals surface area contributed by atoms with Gasteiger partial charge < -0.3 is 4.52 Å². The van der Waals surface area contributed by atoms with Gasteiger partial charge in [0, 0.05) is 26.3 Å². The predicted octanol–water partition coefficient (Wildman–Crippen LogP) is 1.59. The smallest absolute Gasteiger partial charge is 0.300 e. The highest BCUT2D eigenvalue weighted by atomic mass is 16.5. The molecule has 3 heteroatoms. The Hall–Kier alpha value is -1.38. The van der Waals surface area contributed by atoms with Crippen molar-refractivity contribution in [1.29, 1.82) is 0 Å². The third-order valence-electron chi connectivity index (χ3n) is 2.08. The van der Waals surface area contributed by atoms with E-state index in [2.05, 4.69) is 11.9 Å². The van der Waals surface area contributed by atoms with Crippen molar-refractivity contribution < 1.29 is 9.10 Å². The first-order valence-corrected chi connectivity index (χ1v) is 4.50. The molecular formula is C10H13N2O+. The fourth-order valence-corrected chi connectivity index (χ4v) is 1.46. The summed E-state index contributed by atoms with van der Waals surface area (Å²) in [5, 5.41) is 0. The van der Waals surface area contributed by atoms with Gasteiger partial charge in [-0.1, -0.05) is 6.92 Å². The highest BCUT2D eigenvalue weighted by Gasteiger charge is 2.14. The highest BCUT2D eigenvalue weighted by molar-refractivity contribution is 5.30. The minimum atomic E-state index is 0.898. The molecule has 0 radical (unpaired) electrons. The van der Waals surface area contributed by atoms with Gasteiger partial charge in [0.15, 0.2) is 17.1 Å². The van der Waals surface area contributed by atoms with Crippen LogP contribution in [0.3, 0.4) is 0 Å². The monoisotopic (exact) mass is 177 g/mol. The maximum absolute atomic E-state index is 5.56. The molecule has 0 unspecified atom stereocenters. The minimum Gasteiger partial charge on any atom is -0.300 e. The largest absolute Gasteiger partial charge is 0.366 e. The molecule has 0 bridgehead atoms. The summed E-state index contributed by atoms with van der Waals surface area (Å²) in [6.07, 6.45) is 0.905. The van der Waals surface area contributed by atoms with Gasteiger partial charge in [-0.05, 0) is 9.56 Å². The predicted molar refractivity (Wildman–Crippen MR) is 48.5 cm³/mol. The Morgan fingerprint density at radius 3 is 2.85 bits per heavy atom. The lowest BCUT2D eigenvalue weighted by molar-refractivity contribution is -0.725. The normalized spacial score (nSPS) is 11.0. The molecule has 2 aromatic heterocycles. The molecule has 13 heavy (non-hydrogen) atoms. The van der Waals surface area contributed by atoms with Gasteiger partial charge in [-0.15, -0.1) is 0 Å². The van der Waals surface area contributed by atoms with Crippen LogP contribution in [0, 0.1) is 13.8 Å². The third kappa shape index (κ3) is 1.30. The molecule has 0 aliphatic carbocycles. The number of nitrogens with zero attached hydrogens (tertiary/aromatic N) is 2. The van der Waals surface area contributed by atoms with Crippen LogP contribution in [-0.4, -0.2) is 4.98 Å². The van der Waals surface area contributed by atoms with Crippen LogP contribution in [0.25, 0.3) is 5.65 Å². The van der Waals surface area contributed by atoms with Gasteiger partial charge in [-0.3, -0.25) is 0 Å². The number of aromatic nitrogens is 2. The lowest BCUT2D eigenvalue weighted by atomic mass is 10.3. The fraction of sp³-hybridized carbons (Fsp3) is 0.400. The second kappa shape index (κ2) is 2.83. The van der Waals surface area contributed by atoms with E-state index in [0.717, 1.165) is 29.2 Å². The van der Waals surface area contributed by atoms with Gasteiger partial charge in [0.2, 0.25) is 0 Å². The molecular weight excluding hydrogens is 164 g/mol. The standard InChI is InChI=1S/C10H13N2O/c1-4-9-6-10-11-7(2)5-8(3)12(10)13-9/h5-6H,4H2,1-3H3/q+1. The van der Waals surface area contributed by atoms with Crippen LogP contribution in [0.4, 0.5) is 0 Å². The molecule has 0 N–H and O–H groups in total. The zero-order valence-electron chi connectivity index (χ0n) is 8.16. The average Bonchev–Trinajstić information content (AvgIpc) is 2.47. The van der Waals surface area contributed by atoms with Crippen LogP contribution in [0.2, 0.25) is 0 Å². The van der Waals surface area contributed by atoms with E-state index in [1.165, 1.54) is 0 Å². The molecule has 68 valence electrons. The van der Waals surface area contributed by atoms with E-state index in [1.54, 1.807) is 4.57 Å². The summed E-state index contributed by atoms with van der Waals surface area (Å²) in [6, 6.07) is 4.00. The number of hydrogen-bond donors (Lipinski definition) is 0. The van der Waals surface area contributed by atoms with Crippen LogP contribution in [-0.2, 0) is 6.42 Å². The van der Waals surface area contributed by atoms with Gasteiger partial charge >= 0.3 is 5.65 Å². The Bertz CT molecular complexity index is 445. The summed E-state index contributed by atoms with van der Waals surface area (Å²) < 4.78 is 7.33. The second-order valence-corrected chi connectivity index (χ2v) is 3.25. The van der Waals surface area contributed by atoms with E-state index in [1.807, 2.05) is 26.0 Å². The first-order chi connectivity index (χ1) is 6.20. The first kappa shape index (κ1) is 8.23. The first-order valence-electron chi connectivity index (χ1n) is 4.50. The lowest BCUT2D eigenvalue weighted by Crippen LogP contribution is -2.23. The van der Waals surface area contributed by atoms with Crippen molar-refractivity contribution in [3.63, 3.8) is 0 Å². The fourth-order valence-electron chi connectivity index (χ4n) is 1.46. The molecule has 0 aliphatic heterocycles. The van der Waals surface area contributed by atoms with Crippen molar-refractivity contribution in [2.45, 2.75) is 27.2 Å². The second-order valence-electron chi connectivity index (χ2n) is 3.25. The molecule has 0 aliphatic rings. The van der Waals surface area contributed by atoms with Gasteiger partial charge in [-0.2, -0.15) is 0 Å². The summed E-state index contributed by atoms with van der Waals surface area (Å²) in [6.45, 7) is 6.08. The molecule has 3 nitrogen and oxygen atoms in total. The third-order valence-corrected chi connectivity index (χ3v) is 2.08. The van der Waals surface area contributed by atoms with E-state index >= 15 is 0 Å². The van der Waals surface area contributed by atoms with Crippen LogP contribution >= 0.6 is 0 Å². The van der Waals surface area contributed by atoms with Crippen LogP contribution in [0.5, 0.6) is 0 Å². The van der Waals surface area contributed by atoms with Crippen molar-refractivity contribution >= 4 is 5.65 Å². The Morgan fingerprint density at radius 2 is 2.15 bits per heavy atom. The van der Waals surface area contributed by atoms with E-state index in [-0.39, 0.29) is 0 Å². The van der Waals surface area contributed by atoms with Crippen molar-refractivity contribution in [2.24, 2.45) is 0 Å². The summed E-state index contributed by atoms with van der Waals surface area (Å²) in [7, 11) is 0. The Labute approximate surface area is 77.0 Å². The zero-order chi connectivity index (χ0) is 9.42. The van der Waals surface area contributed by atoms with Crippen LogP contribution in [0.15, 0.2) is 16.7 Å². The lowest BCUT2D eigenvalue weighted by Gasteiger charge is -1.88. The topological polar surface area (TPSA) is 30.1 Å². The number of fused-ring (bicyclic) bond motifs is 1. The maximum Gasteiger partial charge on any atom is 0.366 e. The van der Waals surface area contributed by atoms with Crippen molar-refractivity contribution in [1.82, 2.24) is 4.98 Å². The minimum absolute atomic E-state index is 0.898. The van der Waals surface area contributed by atoms with Crippen molar-refractivity contribution in [2.75, 3.05) is 0 Å². The van der Waals surface area contributed by atoms with Gasteiger partial charge in [0.25, 0.3) is 0 Å². The summed E-state index contributed by atoms with van der Waals surface area (Å²) in [5.41, 5.74) is 3.01. The number of aryl methyl sites for hydroxylation is 3. The highest BCUT2D eigenvalue weighted by Crippen LogP contribution is 2.05. The maximum atomic E-state index is 5.56. The summed E-state index contributed by atoms with van der Waals surface area (Å²) in [5.74, 6) is 0.973. The number of rotatable bonds is 1. The average molecular weight is 177 g/mol. The zero-order valence-corrected chi connectivity index (χ0v) is 8.16. The molecule has 0 spiro atoms. The molecule has 0 amide bonds. The summed E-state index contributed by atoms with van der Waals surface area (Å²) in [4.78, 5) is 4.37. The molecule has 2 heterocycles. The quantitative estimate of drug-likeness (QED) is 0.619. The Morgan fingerprint density at radius 1 is 1.38 bits per heavy atom. The van der Waals surface area contributed by atoms with Crippen molar-refractivity contribution in [3.8, 4) is 0 Å². The molecule has 0 fully saturated rings. The van der Waals surface area contributed by atoms with E-state index in [9.17, 15) is 0 Å². The van der Waals surface area contributed by atoms with E-state index < -0.39 is 0 Å². The molecule has 2 rings (SSSR count). The molecule has 2 aromatic rings. The van der Waals surface area contributed by atoms with Gasteiger partial charge in [0.1, 0.15) is 0 Å². The van der Waals surface area contributed by atoms with E-state index in [0.29, 0.717) is 0 Å². The van der Waals surface area contributed by atoms with Gasteiger partial charge in [-0.25, -0.2) is 0 Å². The Balaban J connectivity index is 2.75.